The number of likely N-dealkylation sites (N-methyl/N-ethyl adjacent to an activating group) is 1. The van der Waals surface area contributed by atoms with Crippen LogP contribution < -0.4 is 5.43 Å². The largest absolute Gasteiger partial charge is 0.298 e. The molecular weight excluding hydrogens is 241 g/mol. The summed E-state index contributed by atoms with van der Waals surface area (Å²) < 4.78 is 0.829. The second-order valence-electron chi connectivity index (χ2n) is 6.16. The molecule has 0 aromatic rings. The molecule has 4 heteroatoms. The van der Waals surface area contributed by atoms with Crippen LogP contribution in [0.1, 0.15) is 40.0 Å². The number of nitrogens with one attached hydrogen (secondary N) is 1. The molecule has 0 aliphatic heterocycles. The zero-order valence-corrected chi connectivity index (χ0v) is 14.6. The molecule has 0 radical (unpaired) electrons. The molecule has 3 unspecified atom stereocenters. The van der Waals surface area contributed by atoms with Crippen molar-refractivity contribution in [2.45, 2.75) is 51.9 Å². The van der Waals surface area contributed by atoms with Crippen molar-refractivity contribution in [1.29, 1.82) is 0 Å². The van der Waals surface area contributed by atoms with Gasteiger partial charge in [0.1, 0.15) is 0 Å². The Bertz CT molecular complexity index is 204. The second-order valence-corrected chi connectivity index (χ2v) is 7.66. The summed E-state index contributed by atoms with van der Waals surface area (Å²) in [6, 6.07) is 0.539. The Morgan fingerprint density at radius 1 is 1.17 bits per heavy atom. The molecule has 1 N–H and O–H groups in total. The lowest BCUT2D eigenvalue weighted by atomic mass is 10.3. The summed E-state index contributed by atoms with van der Waals surface area (Å²) in [6.07, 6.45) is 5.24. The summed E-state index contributed by atoms with van der Waals surface area (Å²) in [5, 5.41) is 0. The number of rotatable bonds is 10. The molecule has 0 aromatic carbocycles. The van der Waals surface area contributed by atoms with Gasteiger partial charge in [-0.05, 0) is 33.1 Å². The molecule has 0 aliphatic carbocycles. The van der Waals surface area contributed by atoms with Crippen molar-refractivity contribution in [2.24, 2.45) is 0 Å². The van der Waals surface area contributed by atoms with Crippen molar-refractivity contribution in [3.63, 3.8) is 0 Å². The van der Waals surface area contributed by atoms with E-state index in [2.05, 4.69) is 59.3 Å². The van der Waals surface area contributed by atoms with E-state index in [1.54, 1.807) is 0 Å². The minimum absolute atomic E-state index is 0.539. The predicted octanol–water partition coefficient (Wildman–Crippen LogP) is 2.73. The van der Waals surface area contributed by atoms with E-state index in [0.717, 1.165) is 13.2 Å². The van der Waals surface area contributed by atoms with Gasteiger partial charge in [0.05, 0.1) is 27.2 Å². The van der Waals surface area contributed by atoms with Crippen LogP contribution in [-0.2, 0) is 0 Å². The highest BCUT2D eigenvalue weighted by Crippen LogP contribution is 2.26. The van der Waals surface area contributed by atoms with E-state index in [1.807, 2.05) is 0 Å². The van der Waals surface area contributed by atoms with E-state index in [-0.39, 0.29) is 0 Å². The molecule has 3 nitrogen and oxygen atoms in total. The van der Waals surface area contributed by atoms with Crippen LogP contribution in [0.15, 0.2) is 0 Å². The van der Waals surface area contributed by atoms with Crippen molar-refractivity contribution in [1.82, 2.24) is 10.3 Å². The van der Waals surface area contributed by atoms with E-state index in [0.29, 0.717) is 11.8 Å². The van der Waals surface area contributed by atoms with Crippen LogP contribution in [-0.4, -0.2) is 62.2 Å². The maximum Gasteiger partial charge on any atom is 0.0853 e. The van der Waals surface area contributed by atoms with Crippen molar-refractivity contribution in [2.75, 3.05) is 40.9 Å². The fourth-order valence-electron chi connectivity index (χ4n) is 2.23. The van der Waals surface area contributed by atoms with Gasteiger partial charge in [-0.3, -0.25) is 9.49 Å². The Labute approximate surface area is 117 Å². The van der Waals surface area contributed by atoms with Crippen LogP contribution in [0.25, 0.3) is 0 Å². The van der Waals surface area contributed by atoms with Gasteiger partial charge < -0.3 is 0 Å². The molecule has 0 saturated heterocycles. The fraction of sp³-hybridized carbons (Fsp3) is 1.00. The van der Waals surface area contributed by atoms with Gasteiger partial charge in [0, 0.05) is 5.78 Å². The van der Waals surface area contributed by atoms with Gasteiger partial charge in [0.2, 0.25) is 0 Å². The summed E-state index contributed by atoms with van der Waals surface area (Å²) in [5.41, 5.74) is 3.69. The first kappa shape index (κ1) is 18.3. The van der Waals surface area contributed by atoms with Crippen molar-refractivity contribution < 1.29 is 4.59 Å². The maximum atomic E-state index is 3.69. The van der Waals surface area contributed by atoms with E-state index in [4.69, 9.17) is 0 Å². The SMILES string of the molecule is CCCCN(C)C(PCCC)C(C)N[N+](C)(C)C. The van der Waals surface area contributed by atoms with E-state index < -0.39 is 0 Å². The molecule has 0 amide bonds. The minimum atomic E-state index is 0.539. The predicted molar refractivity (Wildman–Crippen MR) is 85.4 cm³/mol. The molecule has 0 rings (SSSR count). The number of hydrogen-bond donors (Lipinski definition) is 1. The molecule has 0 spiro atoms. The quantitative estimate of drug-likeness (QED) is 0.375. The third-order valence-electron chi connectivity index (χ3n) is 3.01. The summed E-state index contributed by atoms with van der Waals surface area (Å²) in [5.74, 6) is 0.675. The summed E-state index contributed by atoms with van der Waals surface area (Å²) in [4.78, 5) is 2.56. The summed E-state index contributed by atoms with van der Waals surface area (Å²) in [7, 11) is 9.91. The fourth-order valence-corrected chi connectivity index (χ4v) is 3.69. The van der Waals surface area contributed by atoms with E-state index in [9.17, 15) is 0 Å². The number of unbranched alkanes of at least 4 members (excludes halogenated alkanes) is 1. The molecule has 0 heterocycles. The minimum Gasteiger partial charge on any atom is -0.298 e. The summed E-state index contributed by atoms with van der Waals surface area (Å²) >= 11 is 0. The Balaban J connectivity index is 4.44. The zero-order valence-electron chi connectivity index (χ0n) is 13.6. The number of nitrogens with zero attached hydrogens (tertiary/aromatic N) is 2. The van der Waals surface area contributed by atoms with Crippen molar-refractivity contribution in [3.8, 4) is 0 Å². The number of quaternary nitrogens is 1. The van der Waals surface area contributed by atoms with Crippen LogP contribution in [0, 0.1) is 0 Å². The molecule has 110 valence electrons. The highest BCUT2D eigenvalue weighted by molar-refractivity contribution is 7.38. The Hall–Kier alpha value is 0.310. The van der Waals surface area contributed by atoms with E-state index in [1.165, 1.54) is 32.0 Å². The standard InChI is InChI=1S/C14H35N3P/c1-8-10-11-16(4)14(18-12-9-2)13(3)15-17(5,6)7/h13-15,18H,8-12H2,1-7H3/q+1. The van der Waals surface area contributed by atoms with E-state index >= 15 is 0 Å². The third kappa shape index (κ3) is 8.42. The average molecular weight is 276 g/mol. The normalized spacial score (nSPS) is 16.7. The topological polar surface area (TPSA) is 15.3 Å². The maximum absolute atomic E-state index is 3.69. The second kappa shape index (κ2) is 9.25. The highest BCUT2D eigenvalue weighted by atomic mass is 31.1. The molecule has 3 atom stereocenters. The molecular formula is C14H35N3P+. The van der Waals surface area contributed by atoms with Crippen molar-refractivity contribution in [3.05, 3.63) is 0 Å². The monoisotopic (exact) mass is 276 g/mol. The highest BCUT2D eigenvalue weighted by Gasteiger charge is 2.25. The Morgan fingerprint density at radius 2 is 1.78 bits per heavy atom. The van der Waals surface area contributed by atoms with Crippen LogP contribution in [0.2, 0.25) is 0 Å². The lowest BCUT2D eigenvalue weighted by molar-refractivity contribution is -0.918. The lowest BCUT2D eigenvalue weighted by Crippen LogP contribution is -2.57. The molecule has 18 heavy (non-hydrogen) atoms. The van der Waals surface area contributed by atoms with Crippen LogP contribution in [0.3, 0.4) is 0 Å². The van der Waals surface area contributed by atoms with Crippen molar-refractivity contribution >= 4 is 8.58 Å². The molecule has 0 fully saturated rings. The van der Waals surface area contributed by atoms with Crippen LogP contribution >= 0.6 is 8.58 Å². The van der Waals surface area contributed by atoms with Gasteiger partial charge in [0.25, 0.3) is 0 Å². The van der Waals surface area contributed by atoms with Gasteiger partial charge in [-0.1, -0.05) is 26.7 Å². The average Bonchev–Trinajstić information content (AvgIpc) is 2.24. The molecule has 0 saturated carbocycles. The first-order valence-electron chi connectivity index (χ1n) is 7.34. The van der Waals surface area contributed by atoms with Crippen LogP contribution in [0.5, 0.6) is 0 Å². The van der Waals surface area contributed by atoms with Gasteiger partial charge >= 0.3 is 0 Å². The first-order valence-corrected chi connectivity index (χ1v) is 8.63. The number of hydrogen-bond acceptors (Lipinski definition) is 2. The van der Waals surface area contributed by atoms with Crippen LogP contribution in [0.4, 0.5) is 0 Å². The summed E-state index contributed by atoms with van der Waals surface area (Å²) in [6.45, 7) is 8.11. The zero-order chi connectivity index (χ0) is 14.2. The van der Waals surface area contributed by atoms with Gasteiger partial charge in [-0.25, -0.2) is 0 Å². The first-order chi connectivity index (χ1) is 8.31. The molecule has 0 aliphatic rings. The smallest absolute Gasteiger partial charge is 0.0853 e. The third-order valence-corrected chi connectivity index (χ3v) is 5.15. The van der Waals surface area contributed by atoms with Gasteiger partial charge in [0.15, 0.2) is 0 Å². The Kier molecular flexibility index (Phi) is 9.41. The Morgan fingerprint density at radius 3 is 2.22 bits per heavy atom. The van der Waals surface area contributed by atoms with Gasteiger partial charge in [-0.15, -0.1) is 8.58 Å². The lowest BCUT2D eigenvalue weighted by Gasteiger charge is -2.37. The molecule has 0 aromatic heterocycles. The van der Waals surface area contributed by atoms with Gasteiger partial charge in [-0.2, -0.15) is 5.43 Å². The molecule has 0 bridgehead atoms.